The molecule has 0 aliphatic carbocycles. The number of aromatic nitrogens is 1. The number of carbonyl (C=O) groups is 1. The molecular weight excluding hydrogens is 232 g/mol. The predicted octanol–water partition coefficient (Wildman–Crippen LogP) is 3.52. The third-order valence-corrected chi connectivity index (χ3v) is 3.56. The molecule has 3 nitrogen and oxygen atoms in total. The van der Waals surface area contributed by atoms with Crippen molar-refractivity contribution in [3.63, 3.8) is 0 Å². The second-order valence-electron chi connectivity index (χ2n) is 4.04. The highest BCUT2D eigenvalue weighted by Crippen LogP contribution is 2.25. The molecule has 0 saturated heterocycles. The van der Waals surface area contributed by atoms with E-state index in [9.17, 15) is 4.79 Å². The molecule has 1 aromatic heterocycles. The third-order valence-electron chi connectivity index (χ3n) is 2.35. The number of rotatable bonds is 3. The monoisotopic (exact) mass is 246 g/mol. The molecule has 17 heavy (non-hydrogen) atoms. The van der Waals surface area contributed by atoms with Gasteiger partial charge >= 0.3 is 0 Å². The summed E-state index contributed by atoms with van der Waals surface area (Å²) in [6.07, 6.45) is 1.82. The summed E-state index contributed by atoms with van der Waals surface area (Å²) >= 11 is 1.52. The van der Waals surface area contributed by atoms with Gasteiger partial charge in [-0.25, -0.2) is 4.98 Å². The van der Waals surface area contributed by atoms with E-state index >= 15 is 0 Å². The largest absolute Gasteiger partial charge is 0.298 e. The normalized spacial score (nSPS) is 10.5. The summed E-state index contributed by atoms with van der Waals surface area (Å²) < 4.78 is 0. The molecule has 0 radical (unpaired) electrons. The van der Waals surface area contributed by atoms with Crippen LogP contribution in [0, 0.1) is 0 Å². The van der Waals surface area contributed by atoms with Crippen molar-refractivity contribution in [2.75, 3.05) is 5.32 Å². The van der Waals surface area contributed by atoms with Crippen LogP contribution in [-0.2, 0) is 0 Å². The highest BCUT2D eigenvalue weighted by Gasteiger charge is 2.09. The molecule has 0 spiro atoms. The second-order valence-corrected chi connectivity index (χ2v) is 5.10. The topological polar surface area (TPSA) is 42.0 Å². The number of nitrogens with zero attached hydrogens (tertiary/aromatic N) is 1. The number of hydrogen-bond acceptors (Lipinski definition) is 3. The first-order valence-corrected chi connectivity index (χ1v) is 6.30. The van der Waals surface area contributed by atoms with E-state index in [0.717, 1.165) is 0 Å². The third kappa shape index (κ3) is 2.91. The van der Waals surface area contributed by atoms with Gasteiger partial charge in [0.1, 0.15) is 0 Å². The van der Waals surface area contributed by atoms with Gasteiger partial charge in [-0.3, -0.25) is 10.1 Å². The fourth-order valence-electron chi connectivity index (χ4n) is 1.37. The number of carbonyl (C=O) groups excluding carboxylic acids is 1. The minimum atomic E-state index is -0.116. The van der Waals surface area contributed by atoms with Crippen LogP contribution in [0.15, 0.2) is 36.5 Å². The van der Waals surface area contributed by atoms with E-state index in [1.807, 2.05) is 24.4 Å². The molecule has 1 amide bonds. The first-order valence-electron chi connectivity index (χ1n) is 5.49. The Labute approximate surface area is 105 Å². The molecule has 2 rings (SSSR count). The number of thiazole rings is 1. The van der Waals surface area contributed by atoms with Gasteiger partial charge in [-0.15, -0.1) is 11.3 Å². The smallest absolute Gasteiger partial charge is 0.257 e. The van der Waals surface area contributed by atoms with Crippen LogP contribution in [0.3, 0.4) is 0 Å². The molecule has 2 aromatic rings. The van der Waals surface area contributed by atoms with E-state index in [1.165, 1.54) is 16.2 Å². The average molecular weight is 246 g/mol. The lowest BCUT2D eigenvalue weighted by Gasteiger charge is -2.01. The van der Waals surface area contributed by atoms with Crippen LogP contribution in [0.2, 0.25) is 0 Å². The van der Waals surface area contributed by atoms with Gasteiger partial charge in [0.05, 0.1) is 0 Å². The minimum Gasteiger partial charge on any atom is -0.298 e. The van der Waals surface area contributed by atoms with Crippen molar-refractivity contribution < 1.29 is 4.79 Å². The van der Waals surface area contributed by atoms with Gasteiger partial charge in [-0.05, 0) is 18.1 Å². The number of amides is 1. The van der Waals surface area contributed by atoms with Crippen LogP contribution in [0.5, 0.6) is 0 Å². The highest BCUT2D eigenvalue weighted by molar-refractivity contribution is 7.15. The summed E-state index contributed by atoms with van der Waals surface area (Å²) in [6.45, 7) is 4.21. The van der Waals surface area contributed by atoms with Crippen molar-refractivity contribution >= 4 is 22.4 Å². The van der Waals surface area contributed by atoms with Gasteiger partial charge in [0, 0.05) is 16.6 Å². The fourth-order valence-corrected chi connectivity index (χ4v) is 2.18. The molecule has 1 N–H and O–H groups in total. The van der Waals surface area contributed by atoms with Crippen molar-refractivity contribution in [3.05, 3.63) is 47.0 Å². The zero-order valence-corrected chi connectivity index (χ0v) is 10.6. The van der Waals surface area contributed by atoms with E-state index in [0.29, 0.717) is 16.6 Å². The predicted molar refractivity (Wildman–Crippen MR) is 70.6 cm³/mol. The average Bonchev–Trinajstić information content (AvgIpc) is 2.79. The summed E-state index contributed by atoms with van der Waals surface area (Å²) in [5, 5.41) is 3.46. The molecule has 0 saturated carbocycles. The summed E-state index contributed by atoms with van der Waals surface area (Å²) in [5.41, 5.74) is 0.647. The Bertz CT molecular complexity index is 505. The lowest BCUT2D eigenvalue weighted by Crippen LogP contribution is -2.11. The fraction of sp³-hybridized carbons (Fsp3) is 0.231. The lowest BCUT2D eigenvalue weighted by atomic mass is 10.2. The lowest BCUT2D eigenvalue weighted by molar-refractivity contribution is 0.102. The summed E-state index contributed by atoms with van der Waals surface area (Å²) in [5.74, 6) is 0.324. The minimum absolute atomic E-state index is 0.116. The van der Waals surface area contributed by atoms with Gasteiger partial charge in [-0.2, -0.15) is 0 Å². The first kappa shape index (κ1) is 11.8. The molecule has 0 aliphatic heterocycles. The molecule has 0 aliphatic rings. The van der Waals surface area contributed by atoms with Gasteiger partial charge in [0.2, 0.25) is 0 Å². The van der Waals surface area contributed by atoms with Crippen LogP contribution >= 0.6 is 11.3 Å². The van der Waals surface area contributed by atoms with E-state index < -0.39 is 0 Å². The maximum Gasteiger partial charge on any atom is 0.257 e. The Hall–Kier alpha value is -1.68. The Morgan fingerprint density at radius 1 is 1.29 bits per heavy atom. The summed E-state index contributed by atoms with van der Waals surface area (Å²) in [7, 11) is 0. The molecule has 0 atom stereocenters. The maximum atomic E-state index is 11.8. The Morgan fingerprint density at radius 3 is 2.59 bits per heavy atom. The van der Waals surface area contributed by atoms with Gasteiger partial charge < -0.3 is 0 Å². The van der Waals surface area contributed by atoms with Gasteiger partial charge in [-0.1, -0.05) is 32.0 Å². The summed E-state index contributed by atoms with van der Waals surface area (Å²) in [4.78, 5) is 17.2. The van der Waals surface area contributed by atoms with Gasteiger partial charge in [0.15, 0.2) is 5.13 Å². The van der Waals surface area contributed by atoms with Crippen LogP contribution in [0.4, 0.5) is 5.13 Å². The number of nitrogens with one attached hydrogen (secondary N) is 1. The Kier molecular flexibility index (Phi) is 3.54. The quantitative estimate of drug-likeness (QED) is 0.900. The Balaban J connectivity index is 2.08. The molecule has 1 heterocycles. The molecule has 1 aromatic carbocycles. The molecule has 0 unspecified atom stereocenters. The van der Waals surface area contributed by atoms with Crippen molar-refractivity contribution in [2.45, 2.75) is 19.8 Å². The van der Waals surface area contributed by atoms with Gasteiger partial charge in [0.25, 0.3) is 5.91 Å². The SMILES string of the molecule is CC(C)c1cnc(NC(=O)c2ccccc2)s1. The van der Waals surface area contributed by atoms with Crippen molar-refractivity contribution in [2.24, 2.45) is 0 Å². The Morgan fingerprint density at radius 2 is 2.00 bits per heavy atom. The number of benzene rings is 1. The van der Waals surface area contributed by atoms with E-state index in [-0.39, 0.29) is 5.91 Å². The van der Waals surface area contributed by atoms with E-state index in [1.54, 1.807) is 12.1 Å². The summed E-state index contributed by atoms with van der Waals surface area (Å²) in [6, 6.07) is 9.14. The zero-order valence-electron chi connectivity index (χ0n) is 9.81. The van der Waals surface area contributed by atoms with Crippen LogP contribution in [0.25, 0.3) is 0 Å². The van der Waals surface area contributed by atoms with E-state index in [4.69, 9.17) is 0 Å². The molecular formula is C13H14N2OS. The first-order chi connectivity index (χ1) is 8.16. The number of anilines is 1. The standard InChI is InChI=1S/C13H14N2OS/c1-9(2)11-8-14-13(17-11)15-12(16)10-6-4-3-5-7-10/h3-9H,1-2H3,(H,14,15,16). The van der Waals surface area contributed by atoms with Crippen LogP contribution in [0.1, 0.15) is 35.0 Å². The highest BCUT2D eigenvalue weighted by atomic mass is 32.1. The van der Waals surface area contributed by atoms with Crippen LogP contribution in [-0.4, -0.2) is 10.9 Å². The van der Waals surface area contributed by atoms with Crippen molar-refractivity contribution in [1.29, 1.82) is 0 Å². The van der Waals surface area contributed by atoms with Crippen molar-refractivity contribution in [3.8, 4) is 0 Å². The molecule has 4 heteroatoms. The zero-order chi connectivity index (χ0) is 12.3. The van der Waals surface area contributed by atoms with Crippen LogP contribution < -0.4 is 5.32 Å². The van der Waals surface area contributed by atoms with E-state index in [2.05, 4.69) is 24.1 Å². The molecule has 0 fully saturated rings. The maximum absolute atomic E-state index is 11.8. The van der Waals surface area contributed by atoms with Crippen molar-refractivity contribution in [1.82, 2.24) is 4.98 Å². The molecule has 88 valence electrons. The molecule has 0 bridgehead atoms. The number of hydrogen-bond donors (Lipinski definition) is 1. The second kappa shape index (κ2) is 5.10.